The molecule has 0 bridgehead atoms. The van der Waals surface area contributed by atoms with Crippen molar-refractivity contribution in [1.82, 2.24) is 5.32 Å². The van der Waals surface area contributed by atoms with Gasteiger partial charge in [-0.2, -0.15) is 0 Å². The van der Waals surface area contributed by atoms with E-state index in [1.54, 1.807) is 20.8 Å². The van der Waals surface area contributed by atoms with Crippen molar-refractivity contribution in [3.63, 3.8) is 0 Å². The number of alkyl halides is 1. The van der Waals surface area contributed by atoms with Crippen LogP contribution >= 0.6 is 11.6 Å². The van der Waals surface area contributed by atoms with Crippen molar-refractivity contribution in [2.24, 2.45) is 5.73 Å². The van der Waals surface area contributed by atoms with Crippen molar-refractivity contribution < 1.29 is 14.3 Å². The Balaban J connectivity index is 4.01. The first kappa shape index (κ1) is 13.2. The number of nitrogens with two attached hydrogens (primary N) is 1. The van der Waals surface area contributed by atoms with E-state index in [-0.39, 0.29) is 5.88 Å². The molecule has 0 aromatic carbocycles. The van der Waals surface area contributed by atoms with Crippen molar-refractivity contribution in [2.45, 2.75) is 32.5 Å². The van der Waals surface area contributed by atoms with E-state index in [1.807, 2.05) is 0 Å². The van der Waals surface area contributed by atoms with E-state index in [0.717, 1.165) is 0 Å². The van der Waals surface area contributed by atoms with Crippen LogP contribution in [0.5, 0.6) is 0 Å². The number of carbonyl (C=O) groups is 2. The van der Waals surface area contributed by atoms with Crippen molar-refractivity contribution in [3.8, 4) is 0 Å². The quantitative estimate of drug-likeness (QED) is 0.541. The van der Waals surface area contributed by atoms with Crippen molar-refractivity contribution in [2.75, 3.05) is 5.88 Å². The van der Waals surface area contributed by atoms with Crippen LogP contribution < -0.4 is 11.1 Å². The standard InChI is InChI=1S/C8H15ClN2O3/c1-8(2,3)14-7(13)11-6(10)5(12)4-9/h6H,4,10H2,1-3H3,(H,11,13)/t6-/m1/s1. The van der Waals surface area contributed by atoms with Crippen LogP contribution in [0.25, 0.3) is 0 Å². The zero-order valence-electron chi connectivity index (χ0n) is 8.46. The van der Waals surface area contributed by atoms with Gasteiger partial charge in [-0.3, -0.25) is 10.1 Å². The Labute approximate surface area is 87.9 Å². The Morgan fingerprint density at radius 1 is 1.50 bits per heavy atom. The van der Waals surface area contributed by atoms with Crippen LogP contribution in [0, 0.1) is 0 Å². The highest BCUT2D eigenvalue weighted by Gasteiger charge is 2.20. The second kappa shape index (κ2) is 5.17. The van der Waals surface area contributed by atoms with Crippen LogP contribution in [0.15, 0.2) is 0 Å². The van der Waals surface area contributed by atoms with Crippen LogP contribution in [0.3, 0.4) is 0 Å². The normalized spacial score (nSPS) is 13.2. The third-order valence-corrected chi connectivity index (χ3v) is 1.41. The molecule has 0 rings (SSSR count). The van der Waals surface area contributed by atoms with Gasteiger partial charge in [-0.25, -0.2) is 4.79 Å². The third kappa shape index (κ3) is 5.77. The van der Waals surface area contributed by atoms with Crippen LogP contribution in [0.1, 0.15) is 20.8 Å². The minimum Gasteiger partial charge on any atom is -0.444 e. The molecule has 14 heavy (non-hydrogen) atoms. The second-order valence-electron chi connectivity index (χ2n) is 3.72. The molecule has 0 aliphatic rings. The molecular formula is C8H15ClN2O3. The molecule has 0 spiro atoms. The molecule has 0 radical (unpaired) electrons. The summed E-state index contributed by atoms with van der Waals surface area (Å²) in [7, 11) is 0. The Bertz CT molecular complexity index is 225. The molecule has 0 aliphatic heterocycles. The van der Waals surface area contributed by atoms with Gasteiger partial charge in [0.25, 0.3) is 0 Å². The van der Waals surface area contributed by atoms with Gasteiger partial charge in [0.05, 0.1) is 5.88 Å². The average molecular weight is 223 g/mol. The molecular weight excluding hydrogens is 208 g/mol. The summed E-state index contributed by atoms with van der Waals surface area (Å²) in [5.41, 5.74) is 4.68. The number of hydrogen-bond acceptors (Lipinski definition) is 4. The summed E-state index contributed by atoms with van der Waals surface area (Å²) in [6.07, 6.45) is -1.84. The fourth-order valence-corrected chi connectivity index (χ4v) is 0.764. The number of Topliss-reactive ketones (excluding diaryl/α,β-unsaturated/α-hetero) is 1. The molecule has 0 heterocycles. The SMILES string of the molecule is CC(C)(C)OC(=O)N[C@@H](N)C(=O)CCl. The first-order chi connectivity index (χ1) is 6.26. The van der Waals surface area contributed by atoms with Gasteiger partial charge in [0.15, 0.2) is 5.78 Å². The number of nitrogens with one attached hydrogen (secondary N) is 1. The van der Waals surface area contributed by atoms with Gasteiger partial charge in [0, 0.05) is 0 Å². The Morgan fingerprint density at radius 3 is 2.36 bits per heavy atom. The van der Waals surface area contributed by atoms with Crippen LogP contribution in [-0.4, -0.2) is 29.5 Å². The van der Waals surface area contributed by atoms with E-state index in [4.69, 9.17) is 22.1 Å². The number of rotatable bonds is 3. The van der Waals surface area contributed by atoms with Crippen LogP contribution in [0.2, 0.25) is 0 Å². The number of ether oxygens (including phenoxy) is 1. The molecule has 82 valence electrons. The van der Waals surface area contributed by atoms with Gasteiger partial charge < -0.3 is 10.5 Å². The lowest BCUT2D eigenvalue weighted by molar-refractivity contribution is -0.118. The molecule has 0 fully saturated rings. The smallest absolute Gasteiger partial charge is 0.409 e. The highest BCUT2D eigenvalue weighted by Crippen LogP contribution is 2.06. The zero-order valence-corrected chi connectivity index (χ0v) is 9.22. The van der Waals surface area contributed by atoms with Gasteiger partial charge in [-0.05, 0) is 20.8 Å². The highest BCUT2D eigenvalue weighted by atomic mass is 35.5. The summed E-state index contributed by atoms with van der Waals surface area (Å²) in [4.78, 5) is 22.0. The van der Waals surface area contributed by atoms with Crippen LogP contribution in [0.4, 0.5) is 4.79 Å². The third-order valence-electron chi connectivity index (χ3n) is 1.15. The van der Waals surface area contributed by atoms with E-state index in [0.29, 0.717) is 0 Å². The van der Waals surface area contributed by atoms with E-state index >= 15 is 0 Å². The summed E-state index contributed by atoms with van der Waals surface area (Å²) in [5, 5.41) is 2.17. The molecule has 0 unspecified atom stereocenters. The van der Waals surface area contributed by atoms with E-state index in [2.05, 4.69) is 5.32 Å². The van der Waals surface area contributed by atoms with Crippen molar-refractivity contribution in [1.29, 1.82) is 0 Å². The fraction of sp³-hybridized carbons (Fsp3) is 0.750. The van der Waals surface area contributed by atoms with Gasteiger partial charge in [-0.15, -0.1) is 11.6 Å². The minimum atomic E-state index is -1.11. The minimum absolute atomic E-state index is 0.239. The predicted octanol–water partition coefficient (Wildman–Crippen LogP) is 0.604. The number of carbonyl (C=O) groups excluding carboxylic acids is 2. The summed E-state index contributed by atoms with van der Waals surface area (Å²) >= 11 is 5.24. The maximum Gasteiger partial charge on any atom is 0.409 e. The second-order valence-corrected chi connectivity index (χ2v) is 3.99. The molecule has 6 heteroatoms. The Hall–Kier alpha value is -0.810. The maximum absolute atomic E-state index is 11.1. The Kier molecular flexibility index (Phi) is 4.87. The monoisotopic (exact) mass is 222 g/mol. The predicted molar refractivity (Wildman–Crippen MR) is 53.1 cm³/mol. The van der Waals surface area contributed by atoms with Gasteiger partial charge in [-0.1, -0.05) is 0 Å². The molecule has 1 atom stereocenters. The summed E-state index contributed by atoms with van der Waals surface area (Å²) in [6.45, 7) is 5.13. The molecule has 3 N–H and O–H groups in total. The first-order valence-corrected chi connectivity index (χ1v) is 4.63. The molecule has 0 aliphatic carbocycles. The molecule has 0 aromatic heterocycles. The lowest BCUT2D eigenvalue weighted by Gasteiger charge is -2.21. The first-order valence-electron chi connectivity index (χ1n) is 4.10. The lowest BCUT2D eigenvalue weighted by Crippen LogP contribution is -2.49. The lowest BCUT2D eigenvalue weighted by atomic mass is 10.2. The van der Waals surface area contributed by atoms with E-state index in [9.17, 15) is 9.59 Å². The molecule has 0 saturated heterocycles. The average Bonchev–Trinajstić information content (AvgIpc) is 1.99. The van der Waals surface area contributed by atoms with Gasteiger partial charge in [0.2, 0.25) is 0 Å². The molecule has 1 amide bonds. The number of alkyl carbamates (subject to hydrolysis) is 1. The van der Waals surface area contributed by atoms with Crippen LogP contribution in [-0.2, 0) is 9.53 Å². The fourth-order valence-electron chi connectivity index (χ4n) is 0.598. The Morgan fingerprint density at radius 2 is 2.00 bits per heavy atom. The molecule has 0 saturated carbocycles. The number of amides is 1. The summed E-state index contributed by atoms with van der Waals surface area (Å²) in [5.74, 6) is -0.700. The summed E-state index contributed by atoms with van der Waals surface area (Å²) in [6, 6.07) is 0. The molecule has 5 nitrogen and oxygen atoms in total. The maximum atomic E-state index is 11.1. The molecule has 0 aromatic rings. The number of halogens is 1. The number of ketones is 1. The van der Waals surface area contributed by atoms with Gasteiger partial charge in [0.1, 0.15) is 11.8 Å². The van der Waals surface area contributed by atoms with Crippen molar-refractivity contribution >= 4 is 23.5 Å². The topological polar surface area (TPSA) is 81.4 Å². The largest absolute Gasteiger partial charge is 0.444 e. The number of hydrogen-bond donors (Lipinski definition) is 2. The van der Waals surface area contributed by atoms with Gasteiger partial charge >= 0.3 is 6.09 Å². The zero-order chi connectivity index (χ0) is 11.4. The summed E-state index contributed by atoms with van der Waals surface area (Å²) < 4.78 is 4.88. The van der Waals surface area contributed by atoms with Crippen molar-refractivity contribution in [3.05, 3.63) is 0 Å². The highest BCUT2D eigenvalue weighted by molar-refractivity contribution is 6.28. The van der Waals surface area contributed by atoms with E-state index < -0.39 is 23.6 Å². The van der Waals surface area contributed by atoms with E-state index in [1.165, 1.54) is 0 Å².